The summed E-state index contributed by atoms with van der Waals surface area (Å²) in [5.41, 5.74) is 0.918. The lowest BCUT2D eigenvalue weighted by atomic mass is 10.3. The fourth-order valence-electron chi connectivity index (χ4n) is 0.689. The molecule has 1 heterocycles. The fourth-order valence-corrected chi connectivity index (χ4v) is 0.689. The Morgan fingerprint density at radius 1 is 1.55 bits per heavy atom. The highest BCUT2D eigenvalue weighted by Gasteiger charge is 1.81. The van der Waals surface area contributed by atoms with Crippen LogP contribution in [0.2, 0.25) is 0 Å². The summed E-state index contributed by atoms with van der Waals surface area (Å²) in [5, 5.41) is 0. The van der Waals surface area contributed by atoms with Crippen molar-refractivity contribution < 1.29 is 4.74 Å². The van der Waals surface area contributed by atoms with Crippen molar-refractivity contribution in [3.8, 4) is 0 Å². The van der Waals surface area contributed by atoms with E-state index in [1.807, 2.05) is 31.2 Å². The van der Waals surface area contributed by atoms with E-state index in [-0.39, 0.29) is 0 Å². The third kappa shape index (κ3) is 2.85. The van der Waals surface area contributed by atoms with E-state index in [0.717, 1.165) is 5.69 Å². The highest BCUT2D eigenvalue weighted by Crippen LogP contribution is 1.95. The molecule has 0 aromatic carbocycles. The minimum atomic E-state index is 0.698. The molecule has 0 saturated carbocycles. The minimum Gasteiger partial charge on any atom is -0.501 e. The van der Waals surface area contributed by atoms with Crippen molar-refractivity contribution in [2.24, 2.45) is 0 Å². The monoisotopic (exact) mass is 149 g/mol. The molecule has 1 aromatic rings. The quantitative estimate of drug-likeness (QED) is 0.614. The zero-order valence-corrected chi connectivity index (χ0v) is 6.53. The first kappa shape index (κ1) is 7.79. The maximum Gasteiger partial charge on any atom is 0.0850 e. The van der Waals surface area contributed by atoms with Crippen molar-refractivity contribution in [1.29, 1.82) is 0 Å². The Labute approximate surface area is 66.5 Å². The third-order valence-electron chi connectivity index (χ3n) is 1.19. The third-order valence-corrected chi connectivity index (χ3v) is 1.19. The first-order valence-corrected chi connectivity index (χ1v) is 3.62. The van der Waals surface area contributed by atoms with E-state index in [1.165, 1.54) is 0 Å². The van der Waals surface area contributed by atoms with Gasteiger partial charge in [-0.2, -0.15) is 0 Å². The maximum absolute atomic E-state index is 5.02. The van der Waals surface area contributed by atoms with Gasteiger partial charge in [-0.05, 0) is 25.1 Å². The van der Waals surface area contributed by atoms with Crippen LogP contribution in [0, 0.1) is 0 Å². The van der Waals surface area contributed by atoms with Gasteiger partial charge < -0.3 is 4.74 Å². The number of aromatic nitrogens is 1. The molecule has 0 fully saturated rings. The number of pyridine rings is 1. The molecule has 11 heavy (non-hydrogen) atoms. The molecule has 0 aliphatic heterocycles. The molecule has 58 valence electrons. The molecule has 0 amide bonds. The first-order chi connectivity index (χ1) is 5.43. The van der Waals surface area contributed by atoms with Gasteiger partial charge in [0.15, 0.2) is 0 Å². The molecule has 0 spiro atoms. The predicted octanol–water partition coefficient (Wildman–Crippen LogP) is 2.09. The Morgan fingerprint density at radius 3 is 3.09 bits per heavy atom. The summed E-state index contributed by atoms with van der Waals surface area (Å²) in [5.74, 6) is 0. The Hall–Kier alpha value is -1.31. The van der Waals surface area contributed by atoms with E-state index < -0.39 is 0 Å². The molecule has 0 aliphatic rings. The predicted molar refractivity (Wildman–Crippen MR) is 44.9 cm³/mol. The van der Waals surface area contributed by atoms with Gasteiger partial charge in [0.25, 0.3) is 0 Å². The second-order valence-electron chi connectivity index (χ2n) is 2.01. The molecular weight excluding hydrogens is 138 g/mol. The minimum absolute atomic E-state index is 0.698. The van der Waals surface area contributed by atoms with Crippen LogP contribution < -0.4 is 0 Å². The van der Waals surface area contributed by atoms with Crippen molar-refractivity contribution in [3.05, 3.63) is 36.4 Å². The van der Waals surface area contributed by atoms with Gasteiger partial charge in [0, 0.05) is 6.20 Å². The van der Waals surface area contributed by atoms with Crippen LogP contribution in [0.25, 0.3) is 6.08 Å². The van der Waals surface area contributed by atoms with Gasteiger partial charge >= 0.3 is 0 Å². The molecule has 2 heteroatoms. The molecule has 0 saturated heterocycles. The van der Waals surface area contributed by atoms with Gasteiger partial charge in [-0.25, -0.2) is 0 Å². The standard InChI is InChI=1S/C9H11NO/c1-2-11-8-6-9-5-3-4-7-10-9/h3-8H,2H2,1H3. The fraction of sp³-hybridized carbons (Fsp3) is 0.222. The van der Waals surface area contributed by atoms with E-state index in [4.69, 9.17) is 4.74 Å². The Morgan fingerprint density at radius 2 is 2.45 bits per heavy atom. The lowest BCUT2D eigenvalue weighted by Gasteiger charge is -1.92. The second kappa shape index (κ2) is 4.50. The number of rotatable bonds is 3. The van der Waals surface area contributed by atoms with E-state index in [1.54, 1.807) is 12.5 Å². The van der Waals surface area contributed by atoms with Crippen LogP contribution in [0.3, 0.4) is 0 Å². The Bertz CT molecular complexity index is 218. The van der Waals surface area contributed by atoms with Gasteiger partial charge in [0.05, 0.1) is 18.6 Å². The van der Waals surface area contributed by atoms with Crippen LogP contribution in [0.1, 0.15) is 12.6 Å². The van der Waals surface area contributed by atoms with Crippen LogP contribution in [0.15, 0.2) is 30.7 Å². The molecule has 0 N–H and O–H groups in total. The van der Waals surface area contributed by atoms with Gasteiger partial charge in [-0.1, -0.05) is 6.07 Å². The highest BCUT2D eigenvalue weighted by molar-refractivity contribution is 5.42. The maximum atomic E-state index is 5.02. The van der Waals surface area contributed by atoms with Crippen molar-refractivity contribution in [2.75, 3.05) is 6.61 Å². The van der Waals surface area contributed by atoms with Crippen molar-refractivity contribution in [3.63, 3.8) is 0 Å². The van der Waals surface area contributed by atoms with E-state index in [0.29, 0.717) is 6.61 Å². The molecule has 0 bridgehead atoms. The number of hydrogen-bond donors (Lipinski definition) is 0. The van der Waals surface area contributed by atoms with Crippen LogP contribution >= 0.6 is 0 Å². The van der Waals surface area contributed by atoms with Gasteiger partial charge in [-0.3, -0.25) is 4.98 Å². The molecule has 0 unspecified atom stereocenters. The molecule has 0 atom stereocenters. The van der Waals surface area contributed by atoms with E-state index in [9.17, 15) is 0 Å². The highest BCUT2D eigenvalue weighted by atomic mass is 16.5. The number of hydrogen-bond acceptors (Lipinski definition) is 2. The summed E-state index contributed by atoms with van der Waals surface area (Å²) in [4.78, 5) is 4.08. The first-order valence-electron chi connectivity index (χ1n) is 3.62. The average molecular weight is 149 g/mol. The molecule has 0 aliphatic carbocycles. The summed E-state index contributed by atoms with van der Waals surface area (Å²) in [6.07, 6.45) is 5.25. The largest absolute Gasteiger partial charge is 0.501 e. The Balaban J connectivity index is 2.50. The van der Waals surface area contributed by atoms with Gasteiger partial charge in [0.1, 0.15) is 0 Å². The van der Waals surface area contributed by atoms with Gasteiger partial charge in [0.2, 0.25) is 0 Å². The molecule has 1 aromatic heterocycles. The van der Waals surface area contributed by atoms with Crippen LogP contribution in [-0.2, 0) is 4.74 Å². The topological polar surface area (TPSA) is 22.1 Å². The average Bonchev–Trinajstić information content (AvgIpc) is 2.07. The van der Waals surface area contributed by atoms with Crippen molar-refractivity contribution in [1.82, 2.24) is 4.98 Å². The summed E-state index contributed by atoms with van der Waals surface area (Å²) in [7, 11) is 0. The zero-order chi connectivity index (χ0) is 7.94. The van der Waals surface area contributed by atoms with Crippen molar-refractivity contribution in [2.45, 2.75) is 6.92 Å². The SMILES string of the molecule is CCOC=Cc1ccccn1. The number of nitrogens with zero attached hydrogens (tertiary/aromatic N) is 1. The summed E-state index contributed by atoms with van der Waals surface area (Å²) < 4.78 is 5.02. The molecule has 1 rings (SSSR count). The summed E-state index contributed by atoms with van der Waals surface area (Å²) in [6, 6.07) is 5.76. The van der Waals surface area contributed by atoms with E-state index in [2.05, 4.69) is 4.98 Å². The Kier molecular flexibility index (Phi) is 3.19. The summed E-state index contributed by atoms with van der Waals surface area (Å²) >= 11 is 0. The molecular formula is C9H11NO. The zero-order valence-electron chi connectivity index (χ0n) is 6.53. The lowest BCUT2D eigenvalue weighted by Crippen LogP contribution is -1.79. The normalized spacial score (nSPS) is 10.3. The van der Waals surface area contributed by atoms with Crippen molar-refractivity contribution >= 4 is 6.08 Å². The summed E-state index contributed by atoms with van der Waals surface area (Å²) in [6.45, 7) is 2.64. The van der Waals surface area contributed by atoms with Crippen LogP contribution in [-0.4, -0.2) is 11.6 Å². The van der Waals surface area contributed by atoms with E-state index >= 15 is 0 Å². The molecule has 2 nitrogen and oxygen atoms in total. The van der Waals surface area contributed by atoms with Crippen LogP contribution in [0.4, 0.5) is 0 Å². The van der Waals surface area contributed by atoms with Crippen LogP contribution in [0.5, 0.6) is 0 Å². The lowest BCUT2D eigenvalue weighted by molar-refractivity contribution is 0.272. The smallest absolute Gasteiger partial charge is 0.0850 e. The molecule has 0 radical (unpaired) electrons. The van der Waals surface area contributed by atoms with Gasteiger partial charge in [-0.15, -0.1) is 0 Å². The number of ether oxygens (including phenoxy) is 1. The second-order valence-corrected chi connectivity index (χ2v) is 2.01.